The number of carbonyl (C=O) groups is 1. The summed E-state index contributed by atoms with van der Waals surface area (Å²) in [6.07, 6.45) is -1.00. The maximum atomic E-state index is 10.3. The van der Waals surface area contributed by atoms with Crippen molar-refractivity contribution in [3.05, 3.63) is 16.3 Å². The average molecular weight is 185 g/mol. The van der Waals surface area contributed by atoms with Crippen LogP contribution in [0.2, 0.25) is 0 Å². The predicted octanol–water partition coefficient (Wildman–Crippen LogP) is 2.96. The van der Waals surface area contributed by atoms with Gasteiger partial charge in [-0.25, -0.2) is 4.79 Å². The van der Waals surface area contributed by atoms with Crippen LogP contribution >= 0.6 is 11.3 Å². The summed E-state index contributed by atoms with van der Waals surface area (Å²) < 4.78 is 0. The van der Waals surface area contributed by atoms with Gasteiger partial charge in [0.05, 0.1) is 5.69 Å². The molecule has 66 valence electrons. The summed E-state index contributed by atoms with van der Waals surface area (Å²) in [6, 6.07) is 1.79. The van der Waals surface area contributed by atoms with Gasteiger partial charge in [-0.05, 0) is 17.4 Å². The van der Waals surface area contributed by atoms with Crippen LogP contribution in [0.3, 0.4) is 0 Å². The Bertz CT molecular complexity index is 280. The highest BCUT2D eigenvalue weighted by Crippen LogP contribution is 2.29. The molecular formula is C8H11NO2S. The van der Waals surface area contributed by atoms with Crippen molar-refractivity contribution in [3.63, 3.8) is 0 Å². The number of nitrogens with one attached hydrogen (secondary N) is 1. The van der Waals surface area contributed by atoms with Gasteiger partial charge >= 0.3 is 6.09 Å². The Morgan fingerprint density at radius 2 is 2.33 bits per heavy atom. The summed E-state index contributed by atoms with van der Waals surface area (Å²) >= 11 is 1.57. The average Bonchev–Trinajstić information content (AvgIpc) is 2.33. The first-order valence-corrected chi connectivity index (χ1v) is 4.56. The lowest BCUT2D eigenvalue weighted by Crippen LogP contribution is -2.08. The second kappa shape index (κ2) is 3.58. The molecule has 0 saturated heterocycles. The molecule has 2 N–H and O–H groups in total. The molecule has 0 bridgehead atoms. The van der Waals surface area contributed by atoms with E-state index in [9.17, 15) is 4.79 Å². The molecule has 0 aromatic carbocycles. The van der Waals surface area contributed by atoms with Gasteiger partial charge in [0.15, 0.2) is 0 Å². The quantitative estimate of drug-likeness (QED) is 0.744. The Labute approximate surface area is 75.0 Å². The Hall–Kier alpha value is -1.03. The minimum Gasteiger partial charge on any atom is -0.465 e. The summed E-state index contributed by atoms with van der Waals surface area (Å²) in [5, 5.41) is 12.7. The molecule has 12 heavy (non-hydrogen) atoms. The molecule has 1 amide bonds. The number of anilines is 1. The molecule has 3 nitrogen and oxygen atoms in total. The highest BCUT2D eigenvalue weighted by Gasteiger charge is 2.09. The highest BCUT2D eigenvalue weighted by molar-refractivity contribution is 7.10. The molecule has 1 heterocycles. The van der Waals surface area contributed by atoms with Gasteiger partial charge in [-0.2, -0.15) is 0 Å². The van der Waals surface area contributed by atoms with Crippen molar-refractivity contribution >= 4 is 23.1 Å². The molecule has 0 saturated carbocycles. The van der Waals surface area contributed by atoms with Crippen molar-refractivity contribution in [3.8, 4) is 0 Å². The van der Waals surface area contributed by atoms with E-state index in [1.54, 1.807) is 17.4 Å². The third-order valence-corrected chi connectivity index (χ3v) is 2.68. The van der Waals surface area contributed by atoms with Crippen molar-refractivity contribution < 1.29 is 9.90 Å². The zero-order valence-electron chi connectivity index (χ0n) is 7.00. The van der Waals surface area contributed by atoms with Crippen LogP contribution in [-0.2, 0) is 0 Å². The Balaban J connectivity index is 2.84. The van der Waals surface area contributed by atoms with Crippen molar-refractivity contribution in [2.45, 2.75) is 19.8 Å². The number of hydrogen-bond acceptors (Lipinski definition) is 2. The summed E-state index contributed by atoms with van der Waals surface area (Å²) in [4.78, 5) is 11.4. The predicted molar refractivity (Wildman–Crippen MR) is 50.1 cm³/mol. The third kappa shape index (κ3) is 1.98. The van der Waals surface area contributed by atoms with Crippen LogP contribution in [0.5, 0.6) is 0 Å². The van der Waals surface area contributed by atoms with Crippen LogP contribution in [0, 0.1) is 0 Å². The van der Waals surface area contributed by atoms with Gasteiger partial charge in [-0.3, -0.25) is 5.32 Å². The molecule has 1 rings (SSSR count). The van der Waals surface area contributed by atoms with E-state index < -0.39 is 6.09 Å². The number of rotatable bonds is 2. The lowest BCUT2D eigenvalue weighted by atomic mass is 10.1. The normalized spacial score (nSPS) is 10.2. The molecule has 0 unspecified atom stereocenters. The van der Waals surface area contributed by atoms with Crippen LogP contribution in [0.25, 0.3) is 0 Å². The Morgan fingerprint density at radius 1 is 1.67 bits per heavy atom. The van der Waals surface area contributed by atoms with Gasteiger partial charge in [0.1, 0.15) is 0 Å². The largest absolute Gasteiger partial charge is 0.465 e. The first-order chi connectivity index (χ1) is 5.61. The van der Waals surface area contributed by atoms with E-state index in [0.717, 1.165) is 4.88 Å². The first-order valence-electron chi connectivity index (χ1n) is 3.68. The van der Waals surface area contributed by atoms with Gasteiger partial charge in [0.2, 0.25) is 0 Å². The summed E-state index contributed by atoms with van der Waals surface area (Å²) in [5.74, 6) is 0.367. The van der Waals surface area contributed by atoms with E-state index in [-0.39, 0.29) is 0 Å². The second-order valence-corrected chi connectivity index (χ2v) is 3.73. The minimum absolute atomic E-state index is 0.367. The molecule has 0 atom stereocenters. The van der Waals surface area contributed by atoms with E-state index in [0.29, 0.717) is 11.6 Å². The van der Waals surface area contributed by atoms with Crippen molar-refractivity contribution in [1.29, 1.82) is 0 Å². The van der Waals surface area contributed by atoms with Gasteiger partial charge in [-0.15, -0.1) is 11.3 Å². The summed E-state index contributed by atoms with van der Waals surface area (Å²) in [5.41, 5.74) is 0.711. The van der Waals surface area contributed by atoms with Gasteiger partial charge in [-0.1, -0.05) is 13.8 Å². The van der Waals surface area contributed by atoms with Crippen LogP contribution < -0.4 is 5.32 Å². The van der Waals surface area contributed by atoms with E-state index in [1.807, 2.05) is 19.2 Å². The number of amides is 1. The van der Waals surface area contributed by atoms with Gasteiger partial charge < -0.3 is 5.11 Å². The molecule has 0 radical (unpaired) electrons. The highest BCUT2D eigenvalue weighted by atomic mass is 32.1. The Kier molecular flexibility index (Phi) is 2.70. The summed E-state index contributed by atoms with van der Waals surface area (Å²) in [7, 11) is 0. The molecule has 0 aliphatic carbocycles. The zero-order valence-corrected chi connectivity index (χ0v) is 7.81. The van der Waals surface area contributed by atoms with E-state index in [2.05, 4.69) is 5.32 Å². The standard InChI is InChI=1S/C8H11NO2S/c1-5(2)7-6(3-4-12-7)9-8(10)11/h3-5,9H,1-2H3,(H,10,11). The monoisotopic (exact) mass is 185 g/mol. The molecule has 0 fully saturated rings. The zero-order chi connectivity index (χ0) is 9.14. The molecule has 0 aliphatic heterocycles. The molecule has 4 heteroatoms. The molecule has 0 spiro atoms. The Morgan fingerprint density at radius 3 is 2.83 bits per heavy atom. The lowest BCUT2D eigenvalue weighted by Gasteiger charge is -2.05. The van der Waals surface area contributed by atoms with Gasteiger partial charge in [0.25, 0.3) is 0 Å². The van der Waals surface area contributed by atoms with Crippen molar-refractivity contribution in [2.24, 2.45) is 0 Å². The van der Waals surface area contributed by atoms with E-state index >= 15 is 0 Å². The maximum absolute atomic E-state index is 10.3. The fourth-order valence-electron chi connectivity index (χ4n) is 0.987. The van der Waals surface area contributed by atoms with E-state index in [1.165, 1.54) is 0 Å². The number of thiophene rings is 1. The topological polar surface area (TPSA) is 49.3 Å². The van der Waals surface area contributed by atoms with Gasteiger partial charge in [0, 0.05) is 4.88 Å². The van der Waals surface area contributed by atoms with Crippen molar-refractivity contribution in [1.82, 2.24) is 0 Å². The molecule has 0 aliphatic rings. The first kappa shape index (κ1) is 9.06. The SMILES string of the molecule is CC(C)c1sccc1NC(=O)O. The molecule has 1 aromatic heterocycles. The smallest absolute Gasteiger partial charge is 0.409 e. The molecular weight excluding hydrogens is 174 g/mol. The maximum Gasteiger partial charge on any atom is 0.409 e. The summed E-state index contributed by atoms with van der Waals surface area (Å²) in [6.45, 7) is 4.08. The number of carboxylic acid groups (broad SMARTS) is 1. The lowest BCUT2D eigenvalue weighted by molar-refractivity contribution is 0.209. The van der Waals surface area contributed by atoms with Crippen LogP contribution in [0.4, 0.5) is 10.5 Å². The fraction of sp³-hybridized carbons (Fsp3) is 0.375. The van der Waals surface area contributed by atoms with Crippen LogP contribution in [-0.4, -0.2) is 11.2 Å². The minimum atomic E-state index is -1.00. The van der Waals surface area contributed by atoms with Crippen LogP contribution in [0.1, 0.15) is 24.6 Å². The number of hydrogen-bond donors (Lipinski definition) is 2. The van der Waals surface area contributed by atoms with Crippen molar-refractivity contribution in [2.75, 3.05) is 5.32 Å². The van der Waals surface area contributed by atoms with Crippen LogP contribution in [0.15, 0.2) is 11.4 Å². The molecule has 1 aromatic rings. The fourth-order valence-corrected chi connectivity index (χ4v) is 1.86. The van der Waals surface area contributed by atoms with E-state index in [4.69, 9.17) is 5.11 Å². The third-order valence-electron chi connectivity index (χ3n) is 1.46. The second-order valence-electron chi connectivity index (χ2n) is 2.78.